The Morgan fingerprint density at radius 1 is 0.633 bits per heavy atom. The van der Waals surface area contributed by atoms with Gasteiger partial charge in [-0.15, -0.1) is 32.8 Å². The molecule has 2 aliphatic heterocycles. The van der Waals surface area contributed by atoms with Gasteiger partial charge in [-0.3, -0.25) is 19.2 Å². The zero-order valence-corrected chi connectivity index (χ0v) is 16.7. The highest BCUT2D eigenvalue weighted by atomic mass is 32.1. The van der Waals surface area contributed by atoms with Crippen molar-refractivity contribution in [2.45, 2.75) is 25.7 Å². The third kappa shape index (κ3) is 3.74. The van der Waals surface area contributed by atoms with Crippen molar-refractivity contribution < 1.29 is 38.4 Å². The van der Waals surface area contributed by atoms with Crippen molar-refractivity contribution in [2.24, 2.45) is 0 Å². The van der Waals surface area contributed by atoms with Gasteiger partial charge in [0.2, 0.25) is 0 Å². The number of hydroxylamine groups is 4. The Labute approximate surface area is 176 Å². The lowest BCUT2D eigenvalue weighted by atomic mass is 10.3. The summed E-state index contributed by atoms with van der Waals surface area (Å²) in [4.78, 5) is 82.0. The van der Waals surface area contributed by atoms with Crippen molar-refractivity contribution in [3.63, 3.8) is 0 Å². The molecule has 4 amide bonds. The summed E-state index contributed by atoms with van der Waals surface area (Å²) in [6, 6.07) is 6.21. The number of rotatable bonds is 5. The summed E-state index contributed by atoms with van der Waals surface area (Å²) in [7, 11) is 0. The van der Waals surface area contributed by atoms with E-state index in [1.807, 2.05) is 0 Å². The Balaban J connectivity index is 1.43. The topological polar surface area (TPSA) is 127 Å². The highest BCUT2D eigenvalue weighted by Crippen LogP contribution is 2.34. The summed E-state index contributed by atoms with van der Waals surface area (Å²) in [6.45, 7) is 0. The fourth-order valence-electron chi connectivity index (χ4n) is 2.73. The fourth-order valence-corrected chi connectivity index (χ4v) is 4.58. The Morgan fingerprint density at radius 3 is 1.30 bits per heavy atom. The van der Waals surface area contributed by atoms with Gasteiger partial charge >= 0.3 is 11.9 Å². The predicted molar refractivity (Wildman–Crippen MR) is 101 cm³/mol. The zero-order chi connectivity index (χ0) is 21.4. The summed E-state index contributed by atoms with van der Waals surface area (Å²) in [5, 5.41) is 0.948. The molecular weight excluding hydrogens is 436 g/mol. The van der Waals surface area contributed by atoms with Gasteiger partial charge in [0.15, 0.2) is 0 Å². The molecule has 0 radical (unpaired) electrons. The highest BCUT2D eigenvalue weighted by molar-refractivity contribution is 7.23. The number of hydrogen-bond acceptors (Lipinski definition) is 10. The summed E-state index contributed by atoms with van der Waals surface area (Å²) < 4.78 is 0. The molecule has 2 saturated heterocycles. The Kier molecular flexibility index (Phi) is 5.18. The number of nitrogens with zero attached hydrogens (tertiary/aromatic N) is 2. The van der Waals surface area contributed by atoms with Gasteiger partial charge in [-0.25, -0.2) is 9.59 Å². The molecule has 2 aromatic rings. The molecule has 4 rings (SSSR count). The minimum absolute atomic E-state index is 0.00446. The lowest BCUT2D eigenvalue weighted by molar-refractivity contribution is -0.173. The van der Waals surface area contributed by atoms with E-state index in [4.69, 9.17) is 9.68 Å². The maximum absolute atomic E-state index is 12.2. The number of imide groups is 2. The van der Waals surface area contributed by atoms with Crippen molar-refractivity contribution in [2.75, 3.05) is 0 Å². The van der Waals surface area contributed by atoms with Crippen LogP contribution < -0.4 is 0 Å². The van der Waals surface area contributed by atoms with Crippen molar-refractivity contribution in [3.05, 3.63) is 34.0 Å². The molecule has 0 spiro atoms. The standard InChI is InChI=1S/C18H12N2O8S2/c21-13-5-6-14(22)19(13)27-17(25)11-3-1-9(29-11)10-2-4-12(30-10)18(26)28-20-15(23)7-8-16(20)24/h1-4H,5-8H2. The van der Waals surface area contributed by atoms with E-state index in [-0.39, 0.29) is 35.4 Å². The van der Waals surface area contributed by atoms with E-state index in [1.54, 1.807) is 12.1 Å². The lowest BCUT2D eigenvalue weighted by Crippen LogP contribution is -2.31. The van der Waals surface area contributed by atoms with Crippen molar-refractivity contribution in [1.82, 2.24) is 10.1 Å². The SMILES string of the molecule is O=C(ON1C(=O)CCC1=O)c1ccc(-c2ccc(C(=O)ON3C(=O)CCC3=O)s2)s1. The van der Waals surface area contributed by atoms with E-state index >= 15 is 0 Å². The maximum atomic E-state index is 12.2. The molecule has 154 valence electrons. The van der Waals surface area contributed by atoms with Gasteiger partial charge in [-0.1, -0.05) is 0 Å². The summed E-state index contributed by atoms with van der Waals surface area (Å²) in [5.41, 5.74) is 0. The van der Waals surface area contributed by atoms with Crippen LogP contribution in [0, 0.1) is 0 Å². The molecule has 4 heterocycles. The molecule has 12 heteroatoms. The van der Waals surface area contributed by atoms with Crippen LogP contribution in [-0.2, 0) is 28.9 Å². The van der Waals surface area contributed by atoms with E-state index in [2.05, 4.69) is 0 Å². The molecule has 2 aliphatic rings. The van der Waals surface area contributed by atoms with Gasteiger partial charge in [0.05, 0.1) is 0 Å². The average molecular weight is 448 g/mol. The molecule has 2 fully saturated rings. The van der Waals surface area contributed by atoms with Crippen LogP contribution in [0.4, 0.5) is 0 Å². The predicted octanol–water partition coefficient (Wildman–Crippen LogP) is 1.92. The van der Waals surface area contributed by atoms with Gasteiger partial charge in [0, 0.05) is 35.4 Å². The minimum Gasteiger partial charge on any atom is -0.324 e. The molecule has 0 atom stereocenters. The smallest absolute Gasteiger partial charge is 0.324 e. The average Bonchev–Trinajstić information content (AvgIpc) is 3.49. The number of amides is 4. The summed E-state index contributed by atoms with van der Waals surface area (Å²) in [6.07, 6.45) is 0.0179. The van der Waals surface area contributed by atoms with E-state index in [0.29, 0.717) is 19.9 Å². The van der Waals surface area contributed by atoms with Crippen LogP contribution in [0.2, 0.25) is 0 Å². The van der Waals surface area contributed by atoms with E-state index in [1.165, 1.54) is 12.1 Å². The first-order chi connectivity index (χ1) is 14.3. The largest absolute Gasteiger partial charge is 0.373 e. The minimum atomic E-state index is -0.836. The van der Waals surface area contributed by atoms with Crippen molar-refractivity contribution in [1.29, 1.82) is 0 Å². The van der Waals surface area contributed by atoms with Crippen molar-refractivity contribution in [3.8, 4) is 9.75 Å². The summed E-state index contributed by atoms with van der Waals surface area (Å²) >= 11 is 2.11. The van der Waals surface area contributed by atoms with Crippen LogP contribution >= 0.6 is 22.7 Å². The Morgan fingerprint density at radius 2 is 0.967 bits per heavy atom. The highest BCUT2D eigenvalue weighted by Gasteiger charge is 2.34. The second kappa shape index (κ2) is 7.80. The van der Waals surface area contributed by atoms with Gasteiger partial charge < -0.3 is 9.68 Å². The molecule has 10 nitrogen and oxygen atoms in total. The fraction of sp³-hybridized carbons (Fsp3) is 0.222. The van der Waals surface area contributed by atoms with E-state index < -0.39 is 35.6 Å². The molecule has 0 bridgehead atoms. The second-order valence-corrected chi connectivity index (χ2v) is 8.42. The van der Waals surface area contributed by atoms with Crippen LogP contribution in [0.1, 0.15) is 45.0 Å². The molecule has 0 unspecified atom stereocenters. The van der Waals surface area contributed by atoms with Crippen LogP contribution in [-0.4, -0.2) is 45.7 Å². The van der Waals surface area contributed by atoms with Gasteiger partial charge in [0.25, 0.3) is 23.6 Å². The number of carbonyl (C=O) groups is 6. The van der Waals surface area contributed by atoms with Crippen LogP contribution in [0.25, 0.3) is 9.75 Å². The van der Waals surface area contributed by atoms with Crippen molar-refractivity contribution >= 4 is 58.2 Å². The number of thiophene rings is 2. The number of hydrogen-bond donors (Lipinski definition) is 0. The van der Waals surface area contributed by atoms with E-state index in [9.17, 15) is 28.8 Å². The monoisotopic (exact) mass is 448 g/mol. The molecule has 0 saturated carbocycles. The van der Waals surface area contributed by atoms with E-state index in [0.717, 1.165) is 22.7 Å². The first-order valence-electron chi connectivity index (χ1n) is 8.69. The first kappa shape index (κ1) is 19.9. The molecule has 0 aromatic carbocycles. The lowest BCUT2D eigenvalue weighted by Gasteiger charge is -2.11. The second-order valence-electron chi connectivity index (χ2n) is 6.25. The quantitative estimate of drug-likeness (QED) is 0.635. The van der Waals surface area contributed by atoms with Crippen LogP contribution in [0.3, 0.4) is 0 Å². The van der Waals surface area contributed by atoms with Gasteiger partial charge in [-0.05, 0) is 24.3 Å². The molecular formula is C18H12N2O8S2. The third-order valence-electron chi connectivity index (χ3n) is 4.22. The number of carbonyl (C=O) groups excluding carboxylic acids is 6. The van der Waals surface area contributed by atoms with Gasteiger partial charge in [0.1, 0.15) is 9.75 Å². The molecule has 2 aromatic heterocycles. The van der Waals surface area contributed by atoms with Gasteiger partial charge in [-0.2, -0.15) is 0 Å². The molecule has 30 heavy (non-hydrogen) atoms. The Bertz CT molecular complexity index is 983. The van der Waals surface area contributed by atoms with Crippen LogP contribution in [0.15, 0.2) is 24.3 Å². The van der Waals surface area contributed by atoms with Crippen LogP contribution in [0.5, 0.6) is 0 Å². The third-order valence-corrected chi connectivity index (χ3v) is 6.54. The molecule has 0 N–H and O–H groups in total. The normalized spacial score (nSPS) is 16.5. The Hall–Kier alpha value is -3.38. The maximum Gasteiger partial charge on any atom is 0.373 e. The summed E-state index contributed by atoms with van der Waals surface area (Å²) in [5.74, 6) is -3.94. The molecule has 0 aliphatic carbocycles. The zero-order valence-electron chi connectivity index (χ0n) is 15.1. The first-order valence-corrected chi connectivity index (χ1v) is 10.3.